The zero-order valence-electron chi connectivity index (χ0n) is 24.3. The molecule has 2 fully saturated rings. The van der Waals surface area contributed by atoms with Crippen LogP contribution < -0.4 is 14.8 Å². The number of rotatable bonds is 9. The molecule has 0 spiro atoms. The Bertz CT molecular complexity index is 1310. The average molecular weight is 577 g/mol. The summed E-state index contributed by atoms with van der Waals surface area (Å²) in [6.07, 6.45) is 4.76. The van der Waals surface area contributed by atoms with Crippen LogP contribution in [0, 0.1) is 11.8 Å². The van der Waals surface area contributed by atoms with Gasteiger partial charge < -0.3 is 24.8 Å². The van der Waals surface area contributed by atoms with Crippen molar-refractivity contribution in [2.24, 2.45) is 16.9 Å². The molecule has 3 amide bonds. The summed E-state index contributed by atoms with van der Waals surface area (Å²) in [5.74, 6) is 1.07. The summed E-state index contributed by atoms with van der Waals surface area (Å²) < 4.78 is 11.0. The first-order valence-corrected chi connectivity index (χ1v) is 14.9. The number of ether oxygens (including phenoxy) is 2. The summed E-state index contributed by atoms with van der Waals surface area (Å²) in [7, 11) is 3.21. The molecule has 2 N–H and O–H groups in total. The second kappa shape index (κ2) is 13.3. The van der Waals surface area contributed by atoms with Gasteiger partial charge in [0.25, 0.3) is 0 Å². The Kier molecular flexibility index (Phi) is 9.29. The van der Waals surface area contributed by atoms with Crippen LogP contribution in [0.4, 0.5) is 4.79 Å². The lowest BCUT2D eigenvalue weighted by Crippen LogP contribution is -2.55. The predicted octanol–water partition coefficient (Wildman–Crippen LogP) is 4.32. The number of aryl methyl sites for hydroxylation is 1. The third-order valence-corrected chi connectivity index (χ3v) is 8.84. The second-order valence-electron chi connectivity index (χ2n) is 11.3. The molecule has 3 aliphatic rings. The molecule has 2 heterocycles. The van der Waals surface area contributed by atoms with Crippen molar-refractivity contribution in [3.05, 3.63) is 59.7 Å². The minimum absolute atomic E-state index is 0.0646. The number of benzene rings is 2. The Labute approximate surface area is 246 Å². The maximum Gasteiger partial charge on any atom is 0.405 e. The molecule has 224 valence electrons. The van der Waals surface area contributed by atoms with E-state index < -0.39 is 12.1 Å². The number of nitrogens with one attached hydrogen (secondary N) is 1. The van der Waals surface area contributed by atoms with E-state index in [2.05, 4.69) is 5.32 Å². The van der Waals surface area contributed by atoms with Crippen molar-refractivity contribution in [1.82, 2.24) is 15.2 Å². The largest absolute Gasteiger partial charge is 0.493 e. The van der Waals surface area contributed by atoms with Crippen LogP contribution in [-0.4, -0.2) is 78.0 Å². The molecule has 1 saturated carbocycles. The third-order valence-electron chi connectivity index (χ3n) is 8.84. The topological polar surface area (TPSA) is 121 Å². The predicted molar refractivity (Wildman–Crippen MR) is 158 cm³/mol. The Morgan fingerprint density at radius 1 is 0.976 bits per heavy atom. The lowest BCUT2D eigenvalue weighted by atomic mass is 9.73. The monoisotopic (exact) mass is 576 g/mol. The molecule has 10 heteroatoms. The lowest BCUT2D eigenvalue weighted by Gasteiger charge is -2.43. The van der Waals surface area contributed by atoms with E-state index in [1.165, 1.54) is 0 Å². The van der Waals surface area contributed by atoms with E-state index in [0.29, 0.717) is 50.3 Å². The smallest absolute Gasteiger partial charge is 0.405 e. The van der Waals surface area contributed by atoms with Crippen molar-refractivity contribution in [1.29, 1.82) is 0 Å². The van der Waals surface area contributed by atoms with Crippen LogP contribution >= 0.6 is 0 Å². The molecule has 42 heavy (non-hydrogen) atoms. The number of fused-ring (bicyclic) bond motifs is 1. The number of carbonyl (C=O) groups excluding carboxylic acids is 2. The summed E-state index contributed by atoms with van der Waals surface area (Å²) in [6.45, 7) is 0.872. The first-order valence-electron chi connectivity index (χ1n) is 14.9. The highest BCUT2D eigenvalue weighted by molar-refractivity contribution is 6.07. The van der Waals surface area contributed by atoms with Gasteiger partial charge in [0.15, 0.2) is 11.5 Å². The summed E-state index contributed by atoms with van der Waals surface area (Å²) in [4.78, 5) is 40.4. The van der Waals surface area contributed by atoms with Crippen LogP contribution in [0.25, 0.3) is 0 Å². The number of likely N-dealkylation sites (tertiary alicyclic amines) is 1. The second-order valence-corrected chi connectivity index (χ2v) is 11.3. The number of nitrogens with zero attached hydrogens (tertiary/aromatic N) is 3. The molecule has 2 aliphatic heterocycles. The van der Waals surface area contributed by atoms with Crippen molar-refractivity contribution in [3.63, 3.8) is 0 Å². The maximum absolute atomic E-state index is 13.7. The van der Waals surface area contributed by atoms with E-state index in [0.717, 1.165) is 42.5 Å². The van der Waals surface area contributed by atoms with Gasteiger partial charge in [-0.25, -0.2) is 9.80 Å². The van der Waals surface area contributed by atoms with Crippen LogP contribution in [-0.2, 0) is 16.0 Å². The third kappa shape index (κ3) is 6.37. The molecule has 0 aromatic heterocycles. The van der Waals surface area contributed by atoms with E-state index in [9.17, 15) is 19.5 Å². The van der Waals surface area contributed by atoms with Gasteiger partial charge in [-0.05, 0) is 62.3 Å². The molecule has 2 aromatic rings. The molecule has 0 bridgehead atoms. The number of carbonyl (C=O) groups is 3. The Morgan fingerprint density at radius 2 is 1.67 bits per heavy atom. The number of hydrazone groups is 1. The van der Waals surface area contributed by atoms with Crippen molar-refractivity contribution in [2.75, 3.05) is 27.3 Å². The number of hydrogen-bond donors (Lipinski definition) is 2. The molecule has 1 aliphatic carbocycles. The SMILES string of the molecule is COc1ccc(C2=NN(C3CCN(C(=O)[C@@H](CCc4ccccc4)NC(=O)O)CC3)C(=O)[C@@H]3CCCC[C@H]23)cc1OC. The van der Waals surface area contributed by atoms with Gasteiger partial charge in [-0.15, -0.1) is 0 Å². The minimum atomic E-state index is -1.21. The Hall–Kier alpha value is -4.08. The van der Waals surface area contributed by atoms with Gasteiger partial charge in [0, 0.05) is 30.5 Å². The van der Waals surface area contributed by atoms with E-state index in [1.54, 1.807) is 24.1 Å². The van der Waals surface area contributed by atoms with Gasteiger partial charge >= 0.3 is 6.09 Å². The minimum Gasteiger partial charge on any atom is -0.493 e. The van der Waals surface area contributed by atoms with E-state index >= 15 is 0 Å². The summed E-state index contributed by atoms with van der Waals surface area (Å²) in [5, 5.41) is 18.5. The highest BCUT2D eigenvalue weighted by Crippen LogP contribution is 2.40. The quantitative estimate of drug-likeness (QED) is 0.459. The average Bonchev–Trinajstić information content (AvgIpc) is 3.03. The van der Waals surface area contributed by atoms with E-state index in [1.807, 2.05) is 48.5 Å². The van der Waals surface area contributed by atoms with Gasteiger partial charge in [-0.3, -0.25) is 9.59 Å². The molecule has 3 atom stereocenters. The van der Waals surface area contributed by atoms with E-state index in [4.69, 9.17) is 14.6 Å². The molecule has 0 radical (unpaired) electrons. The van der Waals surface area contributed by atoms with Gasteiger partial charge in [-0.1, -0.05) is 43.2 Å². The standard InChI is InChI=1S/C32H40N4O6/c1-41-27-15-13-22(20-28(27)42-2)29-24-10-6-7-11-25(24)30(37)36(34-29)23-16-18-35(19-17-23)31(38)26(33-32(39)40)14-12-21-8-4-3-5-9-21/h3-5,8-9,13,15,20,23-26,33H,6-7,10-12,14,16-19H2,1-2H3,(H,39,40)/t24-,25+,26+/m0/s1. The van der Waals surface area contributed by atoms with Crippen molar-refractivity contribution < 1.29 is 29.0 Å². The number of piperidine rings is 1. The normalized spacial score (nSPS) is 21.7. The van der Waals surface area contributed by atoms with Gasteiger partial charge in [0.05, 0.1) is 26.0 Å². The van der Waals surface area contributed by atoms with Crippen LogP contribution in [0.15, 0.2) is 53.6 Å². The highest BCUT2D eigenvalue weighted by Gasteiger charge is 2.44. The molecular formula is C32H40N4O6. The molecule has 5 rings (SSSR count). The van der Waals surface area contributed by atoms with Crippen molar-refractivity contribution in [3.8, 4) is 11.5 Å². The van der Waals surface area contributed by atoms with Crippen LogP contribution in [0.2, 0.25) is 0 Å². The zero-order chi connectivity index (χ0) is 29.6. The fourth-order valence-corrected chi connectivity index (χ4v) is 6.61. The Morgan fingerprint density at radius 3 is 2.33 bits per heavy atom. The number of hydrogen-bond acceptors (Lipinski definition) is 6. The van der Waals surface area contributed by atoms with E-state index in [-0.39, 0.29) is 29.7 Å². The lowest BCUT2D eigenvalue weighted by molar-refractivity contribution is -0.143. The fraction of sp³-hybridized carbons (Fsp3) is 0.500. The van der Waals surface area contributed by atoms with Crippen LogP contribution in [0.3, 0.4) is 0 Å². The molecule has 0 unspecified atom stereocenters. The summed E-state index contributed by atoms with van der Waals surface area (Å²) in [5.41, 5.74) is 2.88. The highest BCUT2D eigenvalue weighted by atomic mass is 16.5. The fourth-order valence-electron chi connectivity index (χ4n) is 6.61. The maximum atomic E-state index is 13.7. The van der Waals surface area contributed by atoms with Crippen molar-refractivity contribution >= 4 is 23.6 Å². The van der Waals surface area contributed by atoms with Crippen LogP contribution in [0.5, 0.6) is 11.5 Å². The Balaban J connectivity index is 1.31. The number of amides is 3. The summed E-state index contributed by atoms with van der Waals surface area (Å²) in [6, 6.07) is 14.6. The van der Waals surface area contributed by atoms with Crippen LogP contribution in [0.1, 0.15) is 56.1 Å². The zero-order valence-corrected chi connectivity index (χ0v) is 24.3. The molecule has 10 nitrogen and oxygen atoms in total. The van der Waals surface area contributed by atoms with Gasteiger partial charge in [0.2, 0.25) is 11.8 Å². The first-order chi connectivity index (χ1) is 20.4. The number of methoxy groups -OCH3 is 2. The van der Waals surface area contributed by atoms with Gasteiger partial charge in [0.1, 0.15) is 6.04 Å². The molecule has 1 saturated heterocycles. The van der Waals surface area contributed by atoms with Crippen molar-refractivity contribution in [2.45, 2.75) is 63.5 Å². The molecular weight excluding hydrogens is 536 g/mol. The summed E-state index contributed by atoms with van der Waals surface area (Å²) >= 11 is 0. The molecule has 2 aromatic carbocycles. The first kappa shape index (κ1) is 29.4. The van der Waals surface area contributed by atoms with Gasteiger partial charge in [-0.2, -0.15) is 5.10 Å². The number of carboxylic acid groups (broad SMARTS) is 1.